The van der Waals surface area contributed by atoms with Crippen molar-refractivity contribution in [1.29, 1.82) is 0 Å². The summed E-state index contributed by atoms with van der Waals surface area (Å²) >= 11 is 0. The van der Waals surface area contributed by atoms with Crippen LogP contribution in [0.3, 0.4) is 0 Å². The molecule has 0 aromatic carbocycles. The zero-order chi connectivity index (χ0) is 14.9. The molecule has 1 saturated carbocycles. The van der Waals surface area contributed by atoms with Gasteiger partial charge in [0.25, 0.3) is 0 Å². The minimum atomic E-state index is 0.110. The summed E-state index contributed by atoms with van der Waals surface area (Å²) in [6.07, 6.45) is 10.6. The van der Waals surface area contributed by atoms with E-state index in [9.17, 15) is 0 Å². The molecule has 2 fully saturated rings. The third-order valence-corrected chi connectivity index (χ3v) is 4.76. The molecule has 1 aromatic heterocycles. The van der Waals surface area contributed by atoms with E-state index >= 15 is 0 Å². The largest absolute Gasteiger partial charge is 0.352 e. The number of fused-ring (bicyclic) bond motifs is 1. The Labute approximate surface area is 128 Å². The highest BCUT2D eigenvalue weighted by molar-refractivity contribution is 5.39. The fourth-order valence-electron chi connectivity index (χ4n) is 3.71. The number of nitrogens with one attached hydrogen (secondary N) is 1. The van der Waals surface area contributed by atoms with Crippen LogP contribution in [-0.2, 0) is 6.54 Å². The lowest BCUT2D eigenvalue weighted by Crippen LogP contribution is -2.43. The van der Waals surface area contributed by atoms with Crippen LogP contribution in [0, 0.1) is 5.92 Å². The number of aromatic nitrogens is 2. The maximum absolute atomic E-state index is 4.86. The summed E-state index contributed by atoms with van der Waals surface area (Å²) < 4.78 is 0. The van der Waals surface area contributed by atoms with Crippen LogP contribution in [0.25, 0.3) is 0 Å². The van der Waals surface area contributed by atoms with Gasteiger partial charge in [-0.3, -0.25) is 4.98 Å². The molecule has 4 nitrogen and oxygen atoms in total. The zero-order valence-electron chi connectivity index (χ0n) is 13.6. The highest BCUT2D eigenvalue weighted by Crippen LogP contribution is 2.38. The third kappa shape index (κ3) is 3.54. The van der Waals surface area contributed by atoms with Crippen LogP contribution in [0.2, 0.25) is 0 Å². The number of anilines is 1. The predicted octanol–water partition coefficient (Wildman–Crippen LogP) is 3.13. The molecule has 2 heterocycles. The summed E-state index contributed by atoms with van der Waals surface area (Å²) in [5.74, 6) is 1.97. The van der Waals surface area contributed by atoms with E-state index < -0.39 is 0 Å². The molecule has 0 bridgehead atoms. The van der Waals surface area contributed by atoms with Crippen molar-refractivity contribution in [2.75, 3.05) is 11.4 Å². The fraction of sp³-hybridized carbons (Fsp3) is 0.765. The van der Waals surface area contributed by atoms with Crippen molar-refractivity contribution in [3.05, 3.63) is 18.1 Å². The molecule has 1 aromatic rings. The topological polar surface area (TPSA) is 41.1 Å². The number of piperidine rings is 1. The van der Waals surface area contributed by atoms with Gasteiger partial charge in [0.05, 0.1) is 11.9 Å². The van der Waals surface area contributed by atoms with Crippen molar-refractivity contribution in [2.24, 2.45) is 5.92 Å². The van der Waals surface area contributed by atoms with Gasteiger partial charge in [-0.05, 0) is 52.4 Å². The van der Waals surface area contributed by atoms with E-state index in [0.717, 1.165) is 30.5 Å². The Morgan fingerprint density at radius 3 is 2.81 bits per heavy atom. The maximum Gasteiger partial charge on any atom is 0.147 e. The summed E-state index contributed by atoms with van der Waals surface area (Å²) in [4.78, 5) is 11.8. The molecule has 2 atom stereocenters. The molecule has 0 radical (unpaired) electrons. The summed E-state index contributed by atoms with van der Waals surface area (Å²) in [6, 6.07) is 0.707. The van der Waals surface area contributed by atoms with E-state index in [1.807, 2.05) is 12.4 Å². The van der Waals surface area contributed by atoms with Crippen molar-refractivity contribution in [3.8, 4) is 0 Å². The molecular formula is C17H28N4. The van der Waals surface area contributed by atoms with E-state index in [2.05, 4.69) is 36.0 Å². The highest BCUT2D eigenvalue weighted by Gasteiger charge is 2.35. The van der Waals surface area contributed by atoms with Gasteiger partial charge in [0.15, 0.2) is 0 Å². The molecule has 2 aliphatic rings. The van der Waals surface area contributed by atoms with Gasteiger partial charge in [-0.15, -0.1) is 0 Å². The van der Waals surface area contributed by atoms with E-state index in [0.29, 0.717) is 6.04 Å². The summed E-state index contributed by atoms with van der Waals surface area (Å²) in [7, 11) is 0. The van der Waals surface area contributed by atoms with Crippen LogP contribution < -0.4 is 10.2 Å². The molecule has 4 heteroatoms. The normalized spacial score (nSPS) is 26.0. The molecule has 21 heavy (non-hydrogen) atoms. The van der Waals surface area contributed by atoms with Crippen molar-refractivity contribution in [3.63, 3.8) is 0 Å². The standard InChI is InChI=1S/C17H28N4/c1-17(2,3)19-11-14-10-18-12-16(20-14)21-9-5-7-13-6-4-8-15(13)21/h10,12-13,15,19H,4-9,11H2,1-3H3. The summed E-state index contributed by atoms with van der Waals surface area (Å²) in [6.45, 7) is 8.46. The van der Waals surface area contributed by atoms with Crippen LogP contribution in [0.1, 0.15) is 58.6 Å². The first kappa shape index (κ1) is 14.8. The van der Waals surface area contributed by atoms with Gasteiger partial charge < -0.3 is 10.2 Å². The first-order chi connectivity index (χ1) is 10.0. The van der Waals surface area contributed by atoms with Gasteiger partial charge in [0.1, 0.15) is 5.82 Å². The Balaban J connectivity index is 1.73. The van der Waals surface area contributed by atoms with Crippen LogP contribution in [0.5, 0.6) is 0 Å². The highest BCUT2D eigenvalue weighted by atomic mass is 15.2. The van der Waals surface area contributed by atoms with Crippen LogP contribution in [0.15, 0.2) is 12.4 Å². The molecule has 1 aliphatic heterocycles. The van der Waals surface area contributed by atoms with E-state index in [1.54, 1.807) is 0 Å². The van der Waals surface area contributed by atoms with Crippen molar-refractivity contribution < 1.29 is 0 Å². The SMILES string of the molecule is CC(C)(C)NCc1cncc(N2CCCC3CCCC32)n1. The maximum atomic E-state index is 4.86. The molecule has 2 unspecified atom stereocenters. The Hall–Kier alpha value is -1.16. The molecule has 0 amide bonds. The lowest BCUT2D eigenvalue weighted by Gasteiger charge is -2.38. The first-order valence-electron chi connectivity index (χ1n) is 8.35. The second kappa shape index (κ2) is 5.91. The lowest BCUT2D eigenvalue weighted by molar-refractivity contribution is 0.360. The quantitative estimate of drug-likeness (QED) is 0.928. The minimum absolute atomic E-state index is 0.110. The average Bonchev–Trinajstić information content (AvgIpc) is 2.93. The molecule has 1 saturated heterocycles. The van der Waals surface area contributed by atoms with E-state index in [4.69, 9.17) is 4.98 Å². The number of hydrogen-bond donors (Lipinski definition) is 1. The molecule has 1 N–H and O–H groups in total. The summed E-state index contributed by atoms with van der Waals surface area (Å²) in [5.41, 5.74) is 1.15. The fourth-order valence-corrected chi connectivity index (χ4v) is 3.71. The van der Waals surface area contributed by atoms with Crippen molar-refractivity contribution >= 4 is 5.82 Å². The monoisotopic (exact) mass is 288 g/mol. The second-order valence-electron chi connectivity index (χ2n) is 7.57. The Morgan fingerprint density at radius 2 is 2.00 bits per heavy atom. The minimum Gasteiger partial charge on any atom is -0.352 e. The van der Waals surface area contributed by atoms with Crippen molar-refractivity contribution in [2.45, 2.75) is 71.0 Å². The van der Waals surface area contributed by atoms with Gasteiger partial charge in [-0.1, -0.05) is 6.42 Å². The Bertz CT molecular complexity index is 480. The number of hydrogen-bond acceptors (Lipinski definition) is 4. The van der Waals surface area contributed by atoms with Gasteiger partial charge >= 0.3 is 0 Å². The van der Waals surface area contributed by atoms with Gasteiger partial charge in [-0.2, -0.15) is 0 Å². The van der Waals surface area contributed by atoms with Crippen LogP contribution >= 0.6 is 0 Å². The zero-order valence-corrected chi connectivity index (χ0v) is 13.6. The molecule has 116 valence electrons. The molecule has 0 spiro atoms. The Morgan fingerprint density at radius 1 is 1.19 bits per heavy atom. The van der Waals surface area contributed by atoms with Gasteiger partial charge in [0, 0.05) is 30.9 Å². The van der Waals surface area contributed by atoms with Crippen molar-refractivity contribution in [1.82, 2.24) is 15.3 Å². The molecule has 3 rings (SSSR count). The lowest BCUT2D eigenvalue weighted by atomic mass is 9.92. The predicted molar refractivity (Wildman–Crippen MR) is 86.3 cm³/mol. The van der Waals surface area contributed by atoms with Crippen LogP contribution in [-0.4, -0.2) is 28.1 Å². The third-order valence-electron chi connectivity index (χ3n) is 4.76. The van der Waals surface area contributed by atoms with Gasteiger partial charge in [-0.25, -0.2) is 4.98 Å². The van der Waals surface area contributed by atoms with E-state index in [1.165, 1.54) is 32.1 Å². The first-order valence-corrected chi connectivity index (χ1v) is 8.35. The average molecular weight is 288 g/mol. The van der Waals surface area contributed by atoms with Crippen LogP contribution in [0.4, 0.5) is 5.82 Å². The summed E-state index contributed by atoms with van der Waals surface area (Å²) in [5, 5.41) is 3.49. The smallest absolute Gasteiger partial charge is 0.147 e. The van der Waals surface area contributed by atoms with E-state index in [-0.39, 0.29) is 5.54 Å². The molecular weight excluding hydrogens is 260 g/mol. The number of nitrogens with zero attached hydrogens (tertiary/aromatic N) is 3. The van der Waals surface area contributed by atoms with Gasteiger partial charge in [0.2, 0.25) is 0 Å². The number of rotatable bonds is 3. The molecule has 1 aliphatic carbocycles. The Kier molecular flexibility index (Phi) is 4.16. The second-order valence-corrected chi connectivity index (χ2v) is 7.57.